The summed E-state index contributed by atoms with van der Waals surface area (Å²) in [4.78, 5) is 22.8. The average Bonchev–Trinajstić information content (AvgIpc) is 2.46. The monoisotopic (exact) mass is 359 g/mol. The van der Waals surface area contributed by atoms with Gasteiger partial charge in [-0.25, -0.2) is 4.79 Å². The van der Waals surface area contributed by atoms with Gasteiger partial charge in [0.25, 0.3) is 5.91 Å². The molecule has 0 aliphatic heterocycles. The molecule has 1 aromatic carbocycles. The number of rotatable bonds is 5. The number of methoxy groups -OCH3 is 2. The molecule has 6 nitrogen and oxygen atoms in total. The second-order valence-corrected chi connectivity index (χ2v) is 5.50. The first-order valence-electron chi connectivity index (χ1n) is 6.46. The molecular formula is C14H20BrN2O4+. The fourth-order valence-corrected chi connectivity index (χ4v) is 2.42. The quantitative estimate of drug-likeness (QED) is 0.831. The molecule has 0 saturated heterocycles. The van der Waals surface area contributed by atoms with Crippen molar-refractivity contribution in [3.63, 3.8) is 0 Å². The Bertz CT molecular complexity index is 522. The summed E-state index contributed by atoms with van der Waals surface area (Å²) in [5, 5.41) is 4.02. The van der Waals surface area contributed by atoms with Gasteiger partial charge in [-0.3, -0.25) is 10.1 Å². The van der Waals surface area contributed by atoms with Crippen molar-refractivity contribution in [2.24, 2.45) is 0 Å². The van der Waals surface area contributed by atoms with Crippen LogP contribution in [0.2, 0.25) is 0 Å². The van der Waals surface area contributed by atoms with Crippen molar-refractivity contribution >= 4 is 27.9 Å². The van der Waals surface area contributed by atoms with E-state index in [1.807, 2.05) is 30.4 Å². The largest absolute Gasteiger partial charge is 0.496 e. The standard InChI is InChI=1S/C14H19BrN2O4/c1-8(10-5-6-12(20-3)11(15)7-10)16-9(2)13(18)17-14(19)21-4/h5-9,16H,1-4H3,(H,17,18,19)/p+1/t8-,9-/m1/s1. The minimum atomic E-state index is -0.750. The molecule has 0 aliphatic rings. The number of imide groups is 1. The first-order chi connectivity index (χ1) is 9.88. The third-order valence-corrected chi connectivity index (χ3v) is 3.72. The Morgan fingerprint density at radius 1 is 1.29 bits per heavy atom. The molecule has 0 bridgehead atoms. The van der Waals surface area contributed by atoms with Crippen LogP contribution in [0, 0.1) is 0 Å². The van der Waals surface area contributed by atoms with Crippen LogP contribution in [0.1, 0.15) is 25.5 Å². The molecule has 0 radical (unpaired) electrons. The van der Waals surface area contributed by atoms with Gasteiger partial charge in [0.2, 0.25) is 0 Å². The molecule has 2 atom stereocenters. The van der Waals surface area contributed by atoms with Crippen LogP contribution in [-0.4, -0.2) is 32.3 Å². The van der Waals surface area contributed by atoms with Gasteiger partial charge in [-0.15, -0.1) is 0 Å². The topological polar surface area (TPSA) is 81.2 Å². The molecule has 0 aromatic heterocycles. The summed E-state index contributed by atoms with van der Waals surface area (Å²) in [5.41, 5.74) is 1.04. The highest BCUT2D eigenvalue weighted by Gasteiger charge is 2.22. The zero-order chi connectivity index (χ0) is 16.0. The molecule has 0 aliphatic carbocycles. The molecule has 116 valence electrons. The molecule has 0 heterocycles. The number of quaternary nitrogens is 1. The fourth-order valence-electron chi connectivity index (χ4n) is 1.86. The SMILES string of the molecule is COC(=O)NC(=O)[C@@H](C)[NH2+][C@H](C)c1ccc(OC)c(Br)c1. The summed E-state index contributed by atoms with van der Waals surface area (Å²) < 4.78 is 10.4. The summed E-state index contributed by atoms with van der Waals surface area (Å²) >= 11 is 3.43. The highest BCUT2D eigenvalue weighted by molar-refractivity contribution is 9.10. The number of hydrogen-bond acceptors (Lipinski definition) is 4. The smallest absolute Gasteiger partial charge is 0.413 e. The molecule has 1 aromatic rings. The lowest BCUT2D eigenvalue weighted by Crippen LogP contribution is -2.92. The Morgan fingerprint density at radius 2 is 1.95 bits per heavy atom. The van der Waals surface area contributed by atoms with Crippen molar-refractivity contribution < 1.29 is 24.4 Å². The van der Waals surface area contributed by atoms with Gasteiger partial charge in [0.15, 0.2) is 6.04 Å². The summed E-state index contributed by atoms with van der Waals surface area (Å²) in [6.07, 6.45) is -0.750. The van der Waals surface area contributed by atoms with E-state index in [0.717, 1.165) is 15.8 Å². The van der Waals surface area contributed by atoms with E-state index in [2.05, 4.69) is 26.0 Å². The maximum absolute atomic E-state index is 11.8. The normalized spacial score (nSPS) is 13.2. The van der Waals surface area contributed by atoms with Gasteiger partial charge >= 0.3 is 6.09 Å². The molecule has 0 unspecified atom stereocenters. The number of carbonyl (C=O) groups is 2. The van der Waals surface area contributed by atoms with E-state index in [-0.39, 0.29) is 11.9 Å². The minimum absolute atomic E-state index is 0.0469. The maximum atomic E-state index is 11.8. The first-order valence-corrected chi connectivity index (χ1v) is 7.25. The second kappa shape index (κ2) is 7.99. The van der Waals surface area contributed by atoms with E-state index in [1.54, 1.807) is 14.0 Å². The molecular weight excluding hydrogens is 340 g/mol. The van der Waals surface area contributed by atoms with Gasteiger partial charge in [0, 0.05) is 5.56 Å². The molecule has 0 spiro atoms. The third kappa shape index (κ3) is 5.02. The Morgan fingerprint density at radius 3 is 2.48 bits per heavy atom. The van der Waals surface area contributed by atoms with Crippen LogP contribution in [0.4, 0.5) is 4.79 Å². The molecule has 7 heteroatoms. The van der Waals surface area contributed by atoms with Gasteiger partial charge in [0.1, 0.15) is 11.8 Å². The van der Waals surface area contributed by atoms with Crippen LogP contribution in [0.25, 0.3) is 0 Å². The van der Waals surface area contributed by atoms with E-state index in [0.29, 0.717) is 0 Å². The Hall–Kier alpha value is -1.60. The number of alkyl carbamates (subject to hydrolysis) is 1. The third-order valence-electron chi connectivity index (χ3n) is 3.10. The lowest BCUT2D eigenvalue weighted by molar-refractivity contribution is -0.710. The van der Waals surface area contributed by atoms with Crippen LogP contribution in [0.15, 0.2) is 22.7 Å². The first kappa shape index (κ1) is 17.5. The predicted molar refractivity (Wildman–Crippen MR) is 81.0 cm³/mol. The highest BCUT2D eigenvalue weighted by atomic mass is 79.9. The van der Waals surface area contributed by atoms with Crippen molar-refractivity contribution in [1.29, 1.82) is 0 Å². The average molecular weight is 360 g/mol. The number of carbonyl (C=O) groups excluding carboxylic acids is 2. The van der Waals surface area contributed by atoms with Crippen molar-refractivity contribution in [2.45, 2.75) is 25.9 Å². The Kier molecular flexibility index (Phi) is 6.64. The van der Waals surface area contributed by atoms with Gasteiger partial charge in [0.05, 0.1) is 18.7 Å². The molecule has 3 N–H and O–H groups in total. The summed E-state index contributed by atoms with van der Waals surface area (Å²) in [6.45, 7) is 3.71. The van der Waals surface area contributed by atoms with E-state index in [4.69, 9.17) is 4.74 Å². The lowest BCUT2D eigenvalue weighted by Gasteiger charge is -2.17. The second-order valence-electron chi connectivity index (χ2n) is 4.64. The number of ether oxygens (including phenoxy) is 2. The maximum Gasteiger partial charge on any atom is 0.413 e. The van der Waals surface area contributed by atoms with E-state index < -0.39 is 12.1 Å². The van der Waals surface area contributed by atoms with Crippen molar-refractivity contribution in [1.82, 2.24) is 5.32 Å². The molecule has 0 fully saturated rings. The molecule has 0 saturated carbocycles. The minimum Gasteiger partial charge on any atom is -0.496 e. The number of halogens is 1. The van der Waals surface area contributed by atoms with Crippen molar-refractivity contribution in [2.75, 3.05) is 14.2 Å². The van der Waals surface area contributed by atoms with Gasteiger partial charge < -0.3 is 14.8 Å². The fraction of sp³-hybridized carbons (Fsp3) is 0.429. The van der Waals surface area contributed by atoms with Gasteiger partial charge in [-0.2, -0.15) is 0 Å². The van der Waals surface area contributed by atoms with Crippen LogP contribution in [-0.2, 0) is 9.53 Å². The summed E-state index contributed by atoms with van der Waals surface area (Å²) in [6, 6.07) is 5.38. The zero-order valence-electron chi connectivity index (χ0n) is 12.5. The highest BCUT2D eigenvalue weighted by Crippen LogP contribution is 2.27. The number of nitrogens with one attached hydrogen (secondary N) is 1. The lowest BCUT2D eigenvalue weighted by atomic mass is 10.1. The number of amides is 2. The summed E-state index contributed by atoms with van der Waals surface area (Å²) in [5.74, 6) is 0.365. The molecule has 21 heavy (non-hydrogen) atoms. The predicted octanol–water partition coefficient (Wildman–Crippen LogP) is 1.35. The molecule has 2 amide bonds. The number of nitrogens with two attached hydrogens (primary N) is 1. The molecule has 1 rings (SSSR count). The Balaban J connectivity index is 2.67. The zero-order valence-corrected chi connectivity index (χ0v) is 14.1. The van der Waals surface area contributed by atoms with Gasteiger partial charge in [-0.1, -0.05) is 0 Å². The van der Waals surface area contributed by atoms with E-state index >= 15 is 0 Å². The van der Waals surface area contributed by atoms with Crippen molar-refractivity contribution in [3.8, 4) is 5.75 Å². The summed E-state index contributed by atoms with van der Waals surface area (Å²) in [7, 11) is 2.82. The number of hydrogen-bond donors (Lipinski definition) is 2. The van der Waals surface area contributed by atoms with Crippen molar-refractivity contribution in [3.05, 3.63) is 28.2 Å². The van der Waals surface area contributed by atoms with E-state index in [9.17, 15) is 9.59 Å². The van der Waals surface area contributed by atoms with Gasteiger partial charge in [-0.05, 0) is 48.0 Å². The van der Waals surface area contributed by atoms with Crippen LogP contribution in [0.3, 0.4) is 0 Å². The van der Waals surface area contributed by atoms with Crippen LogP contribution >= 0.6 is 15.9 Å². The Labute approximate surface area is 132 Å². The van der Waals surface area contributed by atoms with E-state index in [1.165, 1.54) is 7.11 Å². The van der Waals surface area contributed by atoms with Crippen LogP contribution in [0.5, 0.6) is 5.75 Å². The van der Waals surface area contributed by atoms with Crippen LogP contribution < -0.4 is 15.4 Å². The number of benzene rings is 1.